The van der Waals surface area contributed by atoms with Crippen molar-refractivity contribution in [2.45, 2.75) is 12.8 Å². The SMILES string of the molecule is Nc1ncc(OC(F)(F)F)c(C(F)F)c1C(=O)O. The standard InChI is InChI=1S/C8H5F5N2O3/c9-5(10)3-2(18-8(11,12)13)1-15-6(14)4(3)7(16)17/h1,5H,(H2,14,15)(H,16,17). The molecule has 0 fully saturated rings. The molecule has 0 unspecified atom stereocenters. The van der Waals surface area contributed by atoms with Crippen molar-refractivity contribution in [2.75, 3.05) is 5.73 Å². The molecule has 18 heavy (non-hydrogen) atoms. The average Bonchev–Trinajstić information content (AvgIpc) is 2.17. The molecule has 0 bridgehead atoms. The molecule has 5 nitrogen and oxygen atoms in total. The van der Waals surface area contributed by atoms with Crippen LogP contribution >= 0.6 is 0 Å². The minimum absolute atomic E-state index is 0.288. The monoisotopic (exact) mass is 272 g/mol. The van der Waals surface area contributed by atoms with E-state index in [9.17, 15) is 26.7 Å². The summed E-state index contributed by atoms with van der Waals surface area (Å²) in [5, 5.41) is 8.63. The Hall–Kier alpha value is -2.13. The van der Waals surface area contributed by atoms with Crippen LogP contribution in [0.4, 0.5) is 27.8 Å². The van der Waals surface area contributed by atoms with Gasteiger partial charge in [-0.15, -0.1) is 13.2 Å². The molecule has 1 aromatic rings. The Morgan fingerprint density at radius 2 is 2.00 bits per heavy atom. The van der Waals surface area contributed by atoms with E-state index < -0.39 is 41.5 Å². The van der Waals surface area contributed by atoms with E-state index in [0.717, 1.165) is 0 Å². The molecule has 10 heteroatoms. The molecule has 0 saturated carbocycles. The number of hydrogen-bond donors (Lipinski definition) is 2. The first kappa shape index (κ1) is 13.9. The Kier molecular flexibility index (Phi) is 3.58. The molecule has 1 aromatic heterocycles. The normalized spacial score (nSPS) is 11.7. The van der Waals surface area contributed by atoms with Gasteiger partial charge in [0.2, 0.25) is 0 Å². The van der Waals surface area contributed by atoms with E-state index in [1.165, 1.54) is 0 Å². The zero-order chi connectivity index (χ0) is 14.1. The van der Waals surface area contributed by atoms with E-state index in [-0.39, 0.29) is 6.20 Å². The lowest BCUT2D eigenvalue weighted by Gasteiger charge is -2.15. The molecule has 1 rings (SSSR count). The van der Waals surface area contributed by atoms with E-state index >= 15 is 0 Å². The first-order valence-corrected chi connectivity index (χ1v) is 4.19. The van der Waals surface area contributed by atoms with Gasteiger partial charge in [-0.2, -0.15) is 0 Å². The van der Waals surface area contributed by atoms with Crippen molar-refractivity contribution in [2.24, 2.45) is 0 Å². The van der Waals surface area contributed by atoms with Crippen LogP contribution in [0.2, 0.25) is 0 Å². The lowest BCUT2D eigenvalue weighted by atomic mass is 10.1. The number of nitrogens with two attached hydrogens (primary N) is 1. The third-order valence-corrected chi connectivity index (χ3v) is 1.77. The molecule has 0 radical (unpaired) electrons. The number of anilines is 1. The second kappa shape index (κ2) is 4.63. The predicted octanol–water partition coefficient (Wildman–Crippen LogP) is 2.20. The van der Waals surface area contributed by atoms with Crippen LogP contribution < -0.4 is 10.5 Å². The number of alkyl halides is 5. The third kappa shape index (κ3) is 2.96. The number of pyridine rings is 1. The summed E-state index contributed by atoms with van der Waals surface area (Å²) in [5.74, 6) is -4.15. The van der Waals surface area contributed by atoms with Gasteiger partial charge in [0, 0.05) is 0 Å². The van der Waals surface area contributed by atoms with Crippen LogP contribution in [0.15, 0.2) is 6.20 Å². The summed E-state index contributed by atoms with van der Waals surface area (Å²) < 4.78 is 64.3. The number of aromatic nitrogens is 1. The van der Waals surface area contributed by atoms with Crippen LogP contribution in [-0.2, 0) is 0 Å². The lowest BCUT2D eigenvalue weighted by Crippen LogP contribution is -2.20. The van der Waals surface area contributed by atoms with Crippen molar-refractivity contribution in [3.63, 3.8) is 0 Å². The number of halogens is 5. The van der Waals surface area contributed by atoms with E-state index in [0.29, 0.717) is 0 Å². The number of rotatable bonds is 3. The van der Waals surface area contributed by atoms with Crippen molar-refractivity contribution in [1.29, 1.82) is 0 Å². The number of hydrogen-bond acceptors (Lipinski definition) is 4. The summed E-state index contributed by atoms with van der Waals surface area (Å²) in [6.45, 7) is 0. The van der Waals surface area contributed by atoms with Gasteiger partial charge >= 0.3 is 12.3 Å². The average molecular weight is 272 g/mol. The van der Waals surface area contributed by atoms with Crippen LogP contribution in [0.5, 0.6) is 5.75 Å². The Morgan fingerprint density at radius 3 is 2.39 bits per heavy atom. The maximum atomic E-state index is 12.6. The molecule has 0 aromatic carbocycles. The van der Waals surface area contributed by atoms with Gasteiger partial charge in [0.25, 0.3) is 6.43 Å². The second-order valence-electron chi connectivity index (χ2n) is 2.95. The van der Waals surface area contributed by atoms with Gasteiger partial charge < -0.3 is 15.6 Å². The summed E-state index contributed by atoms with van der Waals surface area (Å²) in [4.78, 5) is 13.7. The quantitative estimate of drug-likeness (QED) is 0.824. The highest BCUT2D eigenvalue weighted by Crippen LogP contribution is 2.36. The van der Waals surface area contributed by atoms with Gasteiger partial charge in [0.15, 0.2) is 5.75 Å². The fraction of sp³-hybridized carbons (Fsp3) is 0.250. The Bertz CT molecular complexity index is 475. The molecule has 0 atom stereocenters. The fourth-order valence-electron chi connectivity index (χ4n) is 1.17. The highest BCUT2D eigenvalue weighted by atomic mass is 19.4. The van der Waals surface area contributed by atoms with Crippen LogP contribution in [-0.4, -0.2) is 22.4 Å². The van der Waals surface area contributed by atoms with Gasteiger partial charge in [-0.25, -0.2) is 18.6 Å². The number of nitrogen functional groups attached to an aromatic ring is 1. The molecule has 0 aliphatic rings. The Balaban J connectivity index is 3.44. The summed E-state index contributed by atoms with van der Waals surface area (Å²) in [7, 11) is 0. The molecule has 0 saturated heterocycles. The predicted molar refractivity (Wildman–Crippen MR) is 47.2 cm³/mol. The number of ether oxygens (including phenoxy) is 1. The lowest BCUT2D eigenvalue weighted by molar-refractivity contribution is -0.275. The highest BCUT2D eigenvalue weighted by molar-refractivity contribution is 5.95. The van der Waals surface area contributed by atoms with Gasteiger partial charge in [-0.1, -0.05) is 0 Å². The van der Waals surface area contributed by atoms with Crippen LogP contribution in [0.25, 0.3) is 0 Å². The number of aromatic carboxylic acids is 1. The number of nitrogens with zero attached hydrogens (tertiary/aromatic N) is 1. The minimum atomic E-state index is -5.25. The Labute approximate surface area is 96.0 Å². The van der Waals surface area contributed by atoms with Gasteiger partial charge in [-0.3, -0.25) is 0 Å². The van der Waals surface area contributed by atoms with Crippen molar-refractivity contribution >= 4 is 11.8 Å². The largest absolute Gasteiger partial charge is 0.573 e. The topological polar surface area (TPSA) is 85.4 Å². The van der Waals surface area contributed by atoms with Gasteiger partial charge in [-0.05, 0) is 0 Å². The highest BCUT2D eigenvalue weighted by Gasteiger charge is 2.36. The number of carbonyl (C=O) groups is 1. The number of carboxylic acids is 1. The molecular formula is C8H5F5N2O3. The van der Waals surface area contributed by atoms with Gasteiger partial charge in [0.1, 0.15) is 11.4 Å². The van der Waals surface area contributed by atoms with Crippen molar-refractivity contribution in [3.8, 4) is 5.75 Å². The molecule has 100 valence electrons. The molecule has 0 spiro atoms. The maximum absolute atomic E-state index is 12.6. The zero-order valence-electron chi connectivity index (χ0n) is 8.33. The van der Waals surface area contributed by atoms with E-state index in [1.54, 1.807) is 0 Å². The summed E-state index contributed by atoms with van der Waals surface area (Å²) in [6, 6.07) is 0. The zero-order valence-corrected chi connectivity index (χ0v) is 8.33. The molecule has 0 amide bonds. The fourth-order valence-corrected chi connectivity index (χ4v) is 1.17. The molecule has 0 aliphatic carbocycles. The smallest absolute Gasteiger partial charge is 0.478 e. The minimum Gasteiger partial charge on any atom is -0.478 e. The summed E-state index contributed by atoms with van der Waals surface area (Å²) in [5.41, 5.74) is 2.35. The Morgan fingerprint density at radius 1 is 1.44 bits per heavy atom. The summed E-state index contributed by atoms with van der Waals surface area (Å²) in [6.07, 6.45) is -8.48. The van der Waals surface area contributed by atoms with E-state index in [2.05, 4.69) is 9.72 Å². The van der Waals surface area contributed by atoms with Crippen LogP contribution in [0.3, 0.4) is 0 Å². The van der Waals surface area contributed by atoms with Crippen LogP contribution in [0, 0.1) is 0 Å². The van der Waals surface area contributed by atoms with Crippen molar-refractivity contribution in [1.82, 2.24) is 4.98 Å². The molecule has 1 heterocycles. The second-order valence-corrected chi connectivity index (χ2v) is 2.95. The summed E-state index contributed by atoms with van der Waals surface area (Å²) >= 11 is 0. The number of carboxylic acid groups (broad SMARTS) is 1. The van der Waals surface area contributed by atoms with Gasteiger partial charge in [0.05, 0.1) is 11.8 Å². The first-order valence-electron chi connectivity index (χ1n) is 4.19. The first-order chi connectivity index (χ1) is 8.13. The van der Waals surface area contributed by atoms with E-state index in [1.807, 2.05) is 0 Å². The van der Waals surface area contributed by atoms with Crippen molar-refractivity contribution in [3.05, 3.63) is 17.3 Å². The van der Waals surface area contributed by atoms with Crippen LogP contribution in [0.1, 0.15) is 22.3 Å². The molecule has 3 N–H and O–H groups in total. The third-order valence-electron chi connectivity index (χ3n) is 1.77. The molecular weight excluding hydrogens is 267 g/mol. The van der Waals surface area contributed by atoms with E-state index in [4.69, 9.17) is 10.8 Å². The van der Waals surface area contributed by atoms with Crippen molar-refractivity contribution < 1.29 is 36.6 Å². The maximum Gasteiger partial charge on any atom is 0.573 e. The molecule has 0 aliphatic heterocycles.